The molecule has 3 rings (SSSR count). The van der Waals surface area contributed by atoms with E-state index in [4.69, 9.17) is 9.26 Å². The maximum absolute atomic E-state index is 12.6. The van der Waals surface area contributed by atoms with Crippen molar-refractivity contribution in [2.24, 2.45) is 0 Å². The molecule has 0 atom stereocenters. The van der Waals surface area contributed by atoms with E-state index in [-0.39, 0.29) is 18.2 Å². The molecular formula is C18H19BrN4O3. The van der Waals surface area contributed by atoms with E-state index in [1.807, 2.05) is 41.9 Å². The third kappa shape index (κ3) is 3.96. The van der Waals surface area contributed by atoms with Crippen molar-refractivity contribution in [1.29, 1.82) is 0 Å². The molecule has 3 aromatic rings. The second kappa shape index (κ2) is 8.18. The molecule has 8 heteroatoms. The summed E-state index contributed by atoms with van der Waals surface area (Å²) in [7, 11) is 0. The van der Waals surface area contributed by atoms with Gasteiger partial charge in [-0.05, 0) is 41.9 Å². The van der Waals surface area contributed by atoms with Gasteiger partial charge in [0.15, 0.2) is 5.69 Å². The number of ether oxygens (including phenoxy) is 1. The second-order valence-corrected chi connectivity index (χ2v) is 6.46. The first-order chi connectivity index (χ1) is 12.6. The number of carbonyl (C=O) groups excluding carboxylic acids is 1. The van der Waals surface area contributed by atoms with E-state index in [0.717, 1.165) is 22.5 Å². The topological polar surface area (TPSA) is 82.2 Å². The van der Waals surface area contributed by atoms with Crippen LogP contribution in [0.5, 0.6) is 5.75 Å². The lowest BCUT2D eigenvalue weighted by atomic mass is 10.2. The summed E-state index contributed by atoms with van der Waals surface area (Å²) in [5.74, 6) is 0.963. The highest BCUT2D eigenvalue weighted by atomic mass is 79.9. The number of rotatable bonds is 7. The number of nitrogens with zero attached hydrogens (tertiary/aromatic N) is 3. The van der Waals surface area contributed by atoms with Gasteiger partial charge in [0, 0.05) is 6.54 Å². The van der Waals surface area contributed by atoms with Crippen LogP contribution < -0.4 is 10.1 Å². The molecule has 0 aliphatic rings. The molecule has 2 aromatic heterocycles. The van der Waals surface area contributed by atoms with Crippen LogP contribution in [0.25, 0.3) is 0 Å². The number of para-hydroxylation sites is 1. The highest BCUT2D eigenvalue weighted by molar-refractivity contribution is 9.10. The average Bonchev–Trinajstić information content (AvgIpc) is 3.21. The maximum atomic E-state index is 12.6. The first-order valence-electron chi connectivity index (χ1n) is 8.21. The fraction of sp³-hybridized carbons (Fsp3) is 0.278. The zero-order valence-electron chi connectivity index (χ0n) is 14.5. The van der Waals surface area contributed by atoms with Gasteiger partial charge in [-0.1, -0.05) is 23.4 Å². The number of hydrogen-bond donors (Lipinski definition) is 1. The Morgan fingerprint density at radius 3 is 2.85 bits per heavy atom. The number of amides is 1. The molecule has 0 aliphatic heterocycles. The number of hydrogen-bond acceptors (Lipinski definition) is 5. The summed E-state index contributed by atoms with van der Waals surface area (Å²) in [6.45, 7) is 5.01. The van der Waals surface area contributed by atoms with E-state index in [2.05, 4.69) is 31.5 Å². The average molecular weight is 419 g/mol. The van der Waals surface area contributed by atoms with Crippen LogP contribution in [0.1, 0.15) is 34.4 Å². The van der Waals surface area contributed by atoms with Crippen molar-refractivity contribution in [3.05, 3.63) is 63.7 Å². The highest BCUT2D eigenvalue weighted by Crippen LogP contribution is 2.19. The van der Waals surface area contributed by atoms with E-state index in [1.54, 1.807) is 13.1 Å². The Balaban J connectivity index is 1.69. The van der Waals surface area contributed by atoms with Gasteiger partial charge in [-0.15, -0.1) is 0 Å². The largest absolute Gasteiger partial charge is 0.489 e. The van der Waals surface area contributed by atoms with Gasteiger partial charge >= 0.3 is 0 Å². The summed E-state index contributed by atoms with van der Waals surface area (Å²) in [5.41, 5.74) is 1.76. The van der Waals surface area contributed by atoms with Gasteiger partial charge in [0.05, 0.1) is 28.5 Å². The quantitative estimate of drug-likeness (QED) is 0.634. The molecule has 0 saturated carbocycles. The predicted molar refractivity (Wildman–Crippen MR) is 98.8 cm³/mol. The Morgan fingerprint density at radius 1 is 1.35 bits per heavy atom. The van der Waals surface area contributed by atoms with Crippen molar-refractivity contribution in [3.63, 3.8) is 0 Å². The minimum Gasteiger partial charge on any atom is -0.489 e. The summed E-state index contributed by atoms with van der Waals surface area (Å²) in [4.78, 5) is 12.6. The molecule has 1 N–H and O–H groups in total. The van der Waals surface area contributed by atoms with E-state index in [9.17, 15) is 4.79 Å². The van der Waals surface area contributed by atoms with Crippen LogP contribution in [-0.4, -0.2) is 20.8 Å². The van der Waals surface area contributed by atoms with Gasteiger partial charge in [-0.25, -0.2) is 0 Å². The minimum absolute atomic E-state index is 0.207. The third-order valence-electron chi connectivity index (χ3n) is 3.94. The van der Waals surface area contributed by atoms with E-state index >= 15 is 0 Å². The van der Waals surface area contributed by atoms with E-state index < -0.39 is 0 Å². The van der Waals surface area contributed by atoms with E-state index in [1.165, 1.54) is 0 Å². The standard InChI is InChI=1S/C18H19BrN4O3/c1-3-23-16(15(19)9-21-23)10-20-18(24)17-14(12(2)26-22-17)11-25-13-7-5-4-6-8-13/h4-9H,3,10-11H2,1-2H3,(H,20,24). The van der Waals surface area contributed by atoms with Gasteiger partial charge in [0.25, 0.3) is 5.91 Å². The summed E-state index contributed by atoms with van der Waals surface area (Å²) >= 11 is 3.44. The Bertz CT molecular complexity index is 889. The van der Waals surface area contributed by atoms with Crippen molar-refractivity contribution in [2.75, 3.05) is 0 Å². The van der Waals surface area contributed by atoms with Gasteiger partial charge in [-0.3, -0.25) is 9.48 Å². The zero-order chi connectivity index (χ0) is 18.5. The molecule has 7 nitrogen and oxygen atoms in total. The van der Waals surface area contributed by atoms with Crippen molar-refractivity contribution in [1.82, 2.24) is 20.3 Å². The summed E-state index contributed by atoms with van der Waals surface area (Å²) in [6, 6.07) is 9.39. The Morgan fingerprint density at radius 2 is 2.12 bits per heavy atom. The molecular weight excluding hydrogens is 400 g/mol. The van der Waals surface area contributed by atoms with Crippen LogP contribution in [0.3, 0.4) is 0 Å². The van der Waals surface area contributed by atoms with Crippen molar-refractivity contribution >= 4 is 21.8 Å². The molecule has 0 unspecified atom stereocenters. The minimum atomic E-state index is -0.315. The normalized spacial score (nSPS) is 10.7. The van der Waals surface area contributed by atoms with Gasteiger partial charge in [0.1, 0.15) is 18.1 Å². The molecule has 0 fully saturated rings. The zero-order valence-corrected chi connectivity index (χ0v) is 16.1. The number of nitrogens with one attached hydrogen (secondary N) is 1. The first-order valence-corrected chi connectivity index (χ1v) is 9.00. The van der Waals surface area contributed by atoms with Crippen LogP contribution in [0.2, 0.25) is 0 Å². The lowest BCUT2D eigenvalue weighted by Gasteiger charge is -2.08. The van der Waals surface area contributed by atoms with Gasteiger partial charge in [0.2, 0.25) is 0 Å². The smallest absolute Gasteiger partial charge is 0.274 e. The van der Waals surface area contributed by atoms with Gasteiger partial charge in [-0.2, -0.15) is 5.10 Å². The lowest BCUT2D eigenvalue weighted by Crippen LogP contribution is -2.26. The molecule has 2 heterocycles. The van der Waals surface area contributed by atoms with Crippen LogP contribution >= 0.6 is 15.9 Å². The fourth-order valence-electron chi connectivity index (χ4n) is 2.50. The summed E-state index contributed by atoms with van der Waals surface area (Å²) < 4.78 is 13.6. The monoisotopic (exact) mass is 418 g/mol. The molecule has 0 aliphatic carbocycles. The number of aromatic nitrogens is 3. The Labute approximate surface area is 159 Å². The van der Waals surface area contributed by atoms with Crippen LogP contribution in [-0.2, 0) is 19.7 Å². The number of halogens is 1. The fourth-order valence-corrected chi connectivity index (χ4v) is 2.93. The molecule has 1 aromatic carbocycles. The lowest BCUT2D eigenvalue weighted by molar-refractivity contribution is 0.0938. The Kier molecular flexibility index (Phi) is 5.72. The predicted octanol–water partition coefficient (Wildman–Crippen LogP) is 3.47. The summed E-state index contributed by atoms with van der Waals surface area (Å²) in [6.07, 6.45) is 1.71. The number of aryl methyl sites for hydroxylation is 2. The molecule has 136 valence electrons. The second-order valence-electron chi connectivity index (χ2n) is 5.61. The highest BCUT2D eigenvalue weighted by Gasteiger charge is 2.21. The van der Waals surface area contributed by atoms with Crippen LogP contribution in [0.4, 0.5) is 0 Å². The van der Waals surface area contributed by atoms with Crippen molar-refractivity contribution in [2.45, 2.75) is 33.5 Å². The molecule has 0 spiro atoms. The SMILES string of the molecule is CCn1ncc(Br)c1CNC(=O)c1noc(C)c1COc1ccccc1. The summed E-state index contributed by atoms with van der Waals surface area (Å²) in [5, 5.41) is 11.0. The molecule has 26 heavy (non-hydrogen) atoms. The number of benzene rings is 1. The molecule has 0 saturated heterocycles. The molecule has 0 radical (unpaired) electrons. The van der Waals surface area contributed by atoms with Gasteiger partial charge < -0.3 is 14.6 Å². The molecule has 0 bridgehead atoms. The van der Waals surface area contributed by atoms with Crippen LogP contribution in [0, 0.1) is 6.92 Å². The van der Waals surface area contributed by atoms with Crippen molar-refractivity contribution in [3.8, 4) is 5.75 Å². The van der Waals surface area contributed by atoms with Crippen LogP contribution in [0.15, 0.2) is 45.5 Å². The third-order valence-corrected chi connectivity index (χ3v) is 4.60. The Hall–Kier alpha value is -2.61. The van der Waals surface area contributed by atoms with E-state index in [0.29, 0.717) is 17.9 Å². The maximum Gasteiger partial charge on any atom is 0.274 e. The number of carbonyl (C=O) groups is 1. The van der Waals surface area contributed by atoms with Crippen molar-refractivity contribution < 1.29 is 14.1 Å². The first kappa shape index (κ1) is 18.2. The molecule has 1 amide bonds.